The molecule has 0 aromatic heterocycles. The van der Waals surface area contributed by atoms with Crippen LogP contribution in [0.4, 0.5) is 5.69 Å². The minimum Gasteiger partial charge on any atom is -0.480 e. The first-order chi connectivity index (χ1) is 19.0. The summed E-state index contributed by atoms with van der Waals surface area (Å²) in [6, 6.07) is 24.3. The lowest BCUT2D eigenvalue weighted by Crippen LogP contribution is -2.36. The molecule has 0 saturated carbocycles. The number of aliphatic carboxylic acids is 1. The molecule has 0 aliphatic carbocycles. The van der Waals surface area contributed by atoms with Crippen molar-refractivity contribution < 1.29 is 24.2 Å². The molecule has 4 rings (SSSR count). The predicted molar refractivity (Wildman–Crippen MR) is 156 cm³/mol. The van der Waals surface area contributed by atoms with E-state index in [0.717, 1.165) is 21.6 Å². The molecule has 1 aliphatic rings. The quantitative estimate of drug-likeness (QED) is 0.307. The van der Waals surface area contributed by atoms with Gasteiger partial charge in [0.25, 0.3) is 5.91 Å². The van der Waals surface area contributed by atoms with Gasteiger partial charge in [-0.2, -0.15) is 0 Å². The van der Waals surface area contributed by atoms with Gasteiger partial charge in [-0.15, -0.1) is 16.9 Å². The van der Waals surface area contributed by atoms with Crippen LogP contribution in [0.5, 0.6) is 0 Å². The van der Waals surface area contributed by atoms with Crippen molar-refractivity contribution in [1.29, 1.82) is 0 Å². The molecule has 1 atom stereocenters. The molecule has 0 saturated heterocycles. The van der Waals surface area contributed by atoms with Gasteiger partial charge in [-0.05, 0) is 61.2 Å². The van der Waals surface area contributed by atoms with E-state index in [2.05, 4.69) is 10.4 Å². The van der Waals surface area contributed by atoms with Gasteiger partial charge in [0.2, 0.25) is 11.8 Å². The monoisotopic (exact) mass is 559 g/mol. The molecule has 2 N–H and O–H groups in total. The summed E-state index contributed by atoms with van der Waals surface area (Å²) in [7, 11) is 0. The summed E-state index contributed by atoms with van der Waals surface area (Å²) in [5, 5.41) is 18.3. The Morgan fingerprint density at radius 2 is 1.75 bits per heavy atom. The number of carboxylic acids is 1. The largest absolute Gasteiger partial charge is 0.480 e. The Morgan fingerprint density at radius 3 is 2.40 bits per heavy atom. The van der Waals surface area contributed by atoms with Crippen molar-refractivity contribution in [3.8, 4) is 0 Å². The van der Waals surface area contributed by atoms with Gasteiger partial charge in [0.15, 0.2) is 6.61 Å². The van der Waals surface area contributed by atoms with Crippen LogP contribution in [-0.4, -0.2) is 45.2 Å². The standard InChI is InChI=1S/C31H33N3O5S/c1-20(2)27(28(36)32-24-11-8-12-25(17-24)40-31(3,4)30(37)38)22-15-13-21(14-16-22)18-34-26(35)19-39-29(33-34)23-9-6-5-7-10-23/h5-17,20,27H,18-19H2,1-4H3,(H,32,36)(H,37,38). The van der Waals surface area contributed by atoms with Crippen LogP contribution in [0.15, 0.2) is 88.9 Å². The van der Waals surface area contributed by atoms with Gasteiger partial charge >= 0.3 is 5.97 Å². The number of carbonyl (C=O) groups excluding carboxylic acids is 2. The summed E-state index contributed by atoms with van der Waals surface area (Å²) in [4.78, 5) is 38.1. The van der Waals surface area contributed by atoms with Crippen LogP contribution >= 0.6 is 11.8 Å². The van der Waals surface area contributed by atoms with Crippen LogP contribution in [-0.2, 0) is 25.7 Å². The third kappa shape index (κ3) is 7.09. The molecular weight excluding hydrogens is 526 g/mol. The Morgan fingerprint density at radius 1 is 1.05 bits per heavy atom. The number of anilines is 1. The van der Waals surface area contributed by atoms with Gasteiger partial charge in [0.05, 0.1) is 12.5 Å². The Balaban J connectivity index is 1.46. The topological polar surface area (TPSA) is 108 Å². The molecule has 2 amide bonds. The molecule has 0 fully saturated rings. The second kappa shape index (κ2) is 12.4. The zero-order valence-electron chi connectivity index (χ0n) is 23.0. The van der Waals surface area contributed by atoms with Crippen LogP contribution in [0.2, 0.25) is 0 Å². The number of thioether (sulfide) groups is 1. The lowest BCUT2D eigenvalue weighted by Gasteiger charge is -2.24. The van der Waals surface area contributed by atoms with E-state index in [1.807, 2.05) is 74.5 Å². The number of nitrogens with zero attached hydrogens (tertiary/aromatic N) is 2. The van der Waals surface area contributed by atoms with E-state index in [0.29, 0.717) is 11.6 Å². The molecule has 0 bridgehead atoms. The highest BCUT2D eigenvalue weighted by Crippen LogP contribution is 2.34. The van der Waals surface area contributed by atoms with E-state index in [4.69, 9.17) is 4.74 Å². The first kappa shape index (κ1) is 28.9. The summed E-state index contributed by atoms with van der Waals surface area (Å²) in [6.45, 7) is 7.49. The van der Waals surface area contributed by atoms with E-state index in [9.17, 15) is 19.5 Å². The summed E-state index contributed by atoms with van der Waals surface area (Å²) in [5.74, 6) is -1.26. The Bertz CT molecular complexity index is 1400. The number of benzene rings is 3. The van der Waals surface area contributed by atoms with Crippen LogP contribution in [0, 0.1) is 5.92 Å². The van der Waals surface area contributed by atoms with Crippen molar-refractivity contribution in [3.05, 3.63) is 95.6 Å². The van der Waals surface area contributed by atoms with E-state index in [-0.39, 0.29) is 30.9 Å². The van der Waals surface area contributed by atoms with E-state index >= 15 is 0 Å². The van der Waals surface area contributed by atoms with Gasteiger partial charge in [0, 0.05) is 16.1 Å². The maximum Gasteiger partial charge on any atom is 0.319 e. The fourth-order valence-electron chi connectivity index (χ4n) is 4.28. The van der Waals surface area contributed by atoms with Gasteiger partial charge in [-0.3, -0.25) is 14.4 Å². The van der Waals surface area contributed by atoms with E-state index in [1.54, 1.807) is 32.0 Å². The van der Waals surface area contributed by atoms with Crippen molar-refractivity contribution in [1.82, 2.24) is 5.01 Å². The zero-order chi connectivity index (χ0) is 28.9. The Labute approximate surface area is 238 Å². The molecular formula is C31H33N3O5S. The second-order valence-corrected chi connectivity index (χ2v) is 12.1. The average Bonchev–Trinajstić information content (AvgIpc) is 2.91. The number of ether oxygens (including phenoxy) is 1. The Hall–Kier alpha value is -4.11. The number of hydrazone groups is 1. The summed E-state index contributed by atoms with van der Waals surface area (Å²) < 4.78 is 4.53. The highest BCUT2D eigenvalue weighted by Gasteiger charge is 2.29. The minimum absolute atomic E-state index is 0.0215. The average molecular weight is 560 g/mol. The SMILES string of the molecule is CC(C)C(C(=O)Nc1cccc(SC(C)(C)C(=O)O)c1)c1ccc(CN2N=C(c3ccccc3)OCC2=O)cc1. The first-order valence-electron chi connectivity index (χ1n) is 13.0. The Kier molecular flexibility index (Phi) is 8.94. The molecule has 1 unspecified atom stereocenters. The highest BCUT2D eigenvalue weighted by molar-refractivity contribution is 8.01. The molecule has 40 heavy (non-hydrogen) atoms. The normalized spacial score (nSPS) is 14.4. The van der Waals surface area contributed by atoms with E-state index in [1.165, 1.54) is 16.8 Å². The minimum atomic E-state index is -0.995. The summed E-state index contributed by atoms with van der Waals surface area (Å²) in [6.07, 6.45) is 0. The van der Waals surface area contributed by atoms with Gasteiger partial charge in [0.1, 0.15) is 4.75 Å². The van der Waals surface area contributed by atoms with Gasteiger partial charge in [-0.1, -0.05) is 62.4 Å². The fourth-order valence-corrected chi connectivity index (χ4v) is 5.29. The number of rotatable bonds is 10. The predicted octanol–water partition coefficient (Wildman–Crippen LogP) is 5.74. The van der Waals surface area contributed by atoms with Crippen molar-refractivity contribution in [2.45, 2.75) is 49.8 Å². The molecule has 8 nitrogen and oxygen atoms in total. The molecule has 9 heteroatoms. The molecule has 208 valence electrons. The first-order valence-corrected chi connectivity index (χ1v) is 13.8. The smallest absolute Gasteiger partial charge is 0.319 e. The maximum absolute atomic E-state index is 13.4. The molecule has 3 aromatic rings. The number of hydrogen-bond acceptors (Lipinski definition) is 6. The number of carbonyl (C=O) groups is 3. The van der Waals surface area contributed by atoms with Crippen molar-refractivity contribution in [3.63, 3.8) is 0 Å². The van der Waals surface area contributed by atoms with Crippen LogP contribution < -0.4 is 5.32 Å². The number of amides is 2. The second-order valence-electron chi connectivity index (χ2n) is 10.4. The van der Waals surface area contributed by atoms with Crippen molar-refractivity contribution in [2.24, 2.45) is 11.0 Å². The van der Waals surface area contributed by atoms with Crippen molar-refractivity contribution in [2.75, 3.05) is 11.9 Å². The maximum atomic E-state index is 13.4. The van der Waals surface area contributed by atoms with Crippen LogP contribution in [0.25, 0.3) is 0 Å². The van der Waals surface area contributed by atoms with Crippen LogP contribution in [0.3, 0.4) is 0 Å². The molecule has 0 radical (unpaired) electrons. The van der Waals surface area contributed by atoms with E-state index < -0.39 is 16.6 Å². The molecule has 1 aliphatic heterocycles. The van der Waals surface area contributed by atoms with Gasteiger partial charge in [-0.25, -0.2) is 5.01 Å². The van der Waals surface area contributed by atoms with Crippen LogP contribution in [0.1, 0.15) is 50.3 Å². The lowest BCUT2D eigenvalue weighted by molar-refractivity contribution is -0.139. The highest BCUT2D eigenvalue weighted by atomic mass is 32.2. The number of hydrogen-bond donors (Lipinski definition) is 2. The summed E-state index contributed by atoms with van der Waals surface area (Å²) >= 11 is 1.23. The molecule has 0 spiro atoms. The fraction of sp³-hybridized carbons (Fsp3) is 0.290. The van der Waals surface area contributed by atoms with Crippen molar-refractivity contribution >= 4 is 41.1 Å². The third-order valence-electron chi connectivity index (χ3n) is 6.46. The summed E-state index contributed by atoms with van der Waals surface area (Å²) in [5.41, 5.74) is 3.15. The third-order valence-corrected chi connectivity index (χ3v) is 7.64. The lowest BCUT2D eigenvalue weighted by atomic mass is 9.87. The zero-order valence-corrected chi connectivity index (χ0v) is 23.8. The van der Waals surface area contributed by atoms with Gasteiger partial charge < -0.3 is 15.2 Å². The number of nitrogens with one attached hydrogen (secondary N) is 1. The molecule has 3 aromatic carbocycles. The molecule has 1 heterocycles. The number of carboxylic acid groups (broad SMARTS) is 1.